The third-order valence-electron chi connectivity index (χ3n) is 3.97. The Hall–Kier alpha value is -0.120. The number of hydrogen-bond acceptors (Lipinski definition) is 1. The molecular weight excluding hydrogens is 381 g/mol. The second-order valence-corrected chi connectivity index (χ2v) is 12.7. The number of rotatable bonds is 5. The summed E-state index contributed by atoms with van der Waals surface area (Å²) in [4.78, 5) is 5.08. The quantitative estimate of drug-likeness (QED) is 0.386. The molecule has 0 aliphatic rings. The number of nitrogens with zero attached hydrogens (tertiary/aromatic N) is 1. The van der Waals surface area contributed by atoms with E-state index >= 15 is 0 Å². The maximum absolute atomic E-state index is 5.08. The molecule has 0 spiro atoms. The minimum Gasteiger partial charge on any atom is -0.257 e. The summed E-state index contributed by atoms with van der Waals surface area (Å²) in [6, 6.07) is 6.57. The highest BCUT2D eigenvalue weighted by Crippen LogP contribution is 2.38. The predicted octanol–water partition coefficient (Wildman–Crippen LogP) is 6.68. The molecule has 22 heavy (non-hydrogen) atoms. The Morgan fingerprint density at radius 1 is 0.773 bits per heavy atom. The van der Waals surface area contributed by atoms with Gasteiger partial charge in [-0.1, -0.05) is 91.0 Å². The van der Waals surface area contributed by atoms with Crippen molar-refractivity contribution in [1.82, 2.24) is 4.98 Å². The molecule has 0 saturated heterocycles. The lowest BCUT2D eigenvalue weighted by Crippen LogP contribution is -2.30. The summed E-state index contributed by atoms with van der Waals surface area (Å²) in [5.41, 5.74) is 2.94. The molecule has 1 rings (SSSR count). The highest BCUT2D eigenvalue weighted by molar-refractivity contribution is 14.1. The van der Waals surface area contributed by atoms with Crippen molar-refractivity contribution in [2.24, 2.45) is 5.41 Å². The number of alkyl halides is 1. The molecule has 2 heteroatoms. The van der Waals surface area contributed by atoms with Crippen molar-refractivity contribution >= 4 is 22.6 Å². The molecule has 0 bridgehead atoms. The maximum atomic E-state index is 5.08. The summed E-state index contributed by atoms with van der Waals surface area (Å²) in [6.45, 7) is 20.8. The van der Waals surface area contributed by atoms with E-state index in [2.05, 4.69) is 103 Å². The van der Waals surface area contributed by atoms with Crippen LogP contribution in [0.25, 0.3) is 0 Å². The van der Waals surface area contributed by atoms with Gasteiger partial charge in [0.2, 0.25) is 0 Å². The van der Waals surface area contributed by atoms with Crippen LogP contribution < -0.4 is 0 Å². The van der Waals surface area contributed by atoms with E-state index in [1.54, 1.807) is 0 Å². The van der Waals surface area contributed by atoms with E-state index in [9.17, 15) is 0 Å². The van der Waals surface area contributed by atoms with E-state index in [1.165, 1.54) is 11.4 Å². The molecule has 1 heterocycles. The Balaban J connectivity index is 3.14. The topological polar surface area (TPSA) is 12.9 Å². The van der Waals surface area contributed by atoms with Crippen LogP contribution in [-0.2, 0) is 10.8 Å². The average molecular weight is 415 g/mol. The zero-order valence-corrected chi connectivity index (χ0v) is 18.1. The lowest BCUT2D eigenvalue weighted by atomic mass is 9.73. The molecule has 0 aliphatic carbocycles. The minimum absolute atomic E-state index is 0.0957. The minimum atomic E-state index is 0.0957. The third-order valence-corrected chi connectivity index (χ3v) is 4.35. The Bertz CT molecular complexity index is 458. The van der Waals surface area contributed by atoms with Gasteiger partial charge >= 0.3 is 0 Å². The molecule has 0 aliphatic heterocycles. The van der Waals surface area contributed by atoms with Gasteiger partial charge in [0.05, 0.1) is 0 Å². The van der Waals surface area contributed by atoms with Gasteiger partial charge in [-0.15, -0.1) is 0 Å². The molecule has 1 aromatic rings. The average Bonchev–Trinajstić information content (AvgIpc) is 2.22. The molecule has 126 valence electrons. The molecule has 0 radical (unpaired) electrons. The van der Waals surface area contributed by atoms with Crippen LogP contribution in [0.2, 0.25) is 0 Å². The zero-order chi connectivity index (χ0) is 17.4. The highest BCUT2D eigenvalue weighted by Gasteiger charge is 2.32. The van der Waals surface area contributed by atoms with Gasteiger partial charge in [0.1, 0.15) is 0 Å². The van der Waals surface area contributed by atoms with Gasteiger partial charge in [-0.05, 0) is 30.4 Å². The summed E-state index contributed by atoms with van der Waals surface area (Å²) in [5.74, 6) is 0. The van der Waals surface area contributed by atoms with Gasteiger partial charge < -0.3 is 0 Å². The summed E-state index contributed by atoms with van der Waals surface area (Å²) in [7, 11) is 0. The first-order chi connectivity index (χ1) is 9.62. The highest BCUT2D eigenvalue weighted by atomic mass is 127. The van der Waals surface area contributed by atoms with Crippen molar-refractivity contribution in [3.8, 4) is 0 Å². The molecule has 0 fully saturated rings. The first-order valence-corrected chi connectivity index (χ1v) is 9.37. The first-order valence-electron chi connectivity index (χ1n) is 8.29. The molecule has 0 saturated carbocycles. The SMILES string of the molecule is CC(C)(C)CC(C)(C)c1cccc(C(C)(C)CC(C)(C)I)n1. The molecule has 1 nitrogen and oxygen atoms in total. The summed E-state index contributed by atoms with van der Waals surface area (Å²) >= 11 is 2.54. The largest absolute Gasteiger partial charge is 0.257 e. The Morgan fingerprint density at radius 2 is 1.18 bits per heavy atom. The fourth-order valence-electron chi connectivity index (χ4n) is 3.75. The van der Waals surface area contributed by atoms with Crippen molar-refractivity contribution in [1.29, 1.82) is 0 Å². The fraction of sp³-hybridized carbons (Fsp3) is 0.750. The summed E-state index contributed by atoms with van der Waals surface area (Å²) < 4.78 is 0.278. The molecular formula is C20H34IN. The van der Waals surface area contributed by atoms with Crippen LogP contribution in [0.5, 0.6) is 0 Å². The lowest BCUT2D eigenvalue weighted by Gasteiger charge is -2.34. The van der Waals surface area contributed by atoms with Crippen LogP contribution >= 0.6 is 22.6 Å². The summed E-state index contributed by atoms with van der Waals surface area (Å²) in [5, 5.41) is 0. The smallest absolute Gasteiger partial charge is 0.0463 e. The molecule has 0 amide bonds. The Labute approximate surface area is 151 Å². The van der Waals surface area contributed by atoms with E-state index in [4.69, 9.17) is 4.98 Å². The first kappa shape index (κ1) is 19.9. The van der Waals surface area contributed by atoms with Gasteiger partial charge in [0.15, 0.2) is 0 Å². The van der Waals surface area contributed by atoms with Crippen molar-refractivity contribution in [3.05, 3.63) is 29.6 Å². The van der Waals surface area contributed by atoms with Gasteiger partial charge in [-0.25, -0.2) is 0 Å². The second kappa shape index (κ2) is 6.41. The zero-order valence-electron chi connectivity index (χ0n) is 16.0. The van der Waals surface area contributed by atoms with Crippen molar-refractivity contribution in [2.75, 3.05) is 0 Å². The van der Waals surface area contributed by atoms with Gasteiger partial charge in [-0.2, -0.15) is 0 Å². The lowest BCUT2D eigenvalue weighted by molar-refractivity contribution is 0.278. The standard InChI is InChI=1S/C20H34IN/c1-17(2,3)13-18(4,5)15-11-10-12-16(22-15)19(6,7)14-20(8,9)21/h10-12H,13-14H2,1-9H3. The van der Waals surface area contributed by atoms with Crippen molar-refractivity contribution in [2.45, 2.75) is 89.4 Å². The van der Waals surface area contributed by atoms with E-state index < -0.39 is 0 Å². The predicted molar refractivity (Wildman–Crippen MR) is 107 cm³/mol. The molecule has 0 unspecified atom stereocenters. The number of hydrogen-bond donors (Lipinski definition) is 0. The summed E-state index contributed by atoms with van der Waals surface area (Å²) in [6.07, 6.45) is 2.26. The third kappa shape index (κ3) is 6.17. The van der Waals surface area contributed by atoms with E-state index in [0.29, 0.717) is 5.41 Å². The molecule has 0 atom stereocenters. The van der Waals surface area contributed by atoms with E-state index in [-0.39, 0.29) is 14.3 Å². The number of halogens is 1. The monoisotopic (exact) mass is 415 g/mol. The van der Waals surface area contributed by atoms with Gasteiger partial charge in [0.25, 0.3) is 0 Å². The Morgan fingerprint density at radius 3 is 1.55 bits per heavy atom. The van der Waals surface area contributed by atoms with Crippen LogP contribution in [0.3, 0.4) is 0 Å². The van der Waals surface area contributed by atoms with E-state index in [0.717, 1.165) is 12.8 Å². The number of pyridine rings is 1. The Kier molecular flexibility index (Phi) is 5.81. The fourth-order valence-corrected chi connectivity index (χ4v) is 4.70. The maximum Gasteiger partial charge on any atom is 0.0463 e. The molecule has 1 aromatic heterocycles. The van der Waals surface area contributed by atoms with Gasteiger partial charge in [0, 0.05) is 25.6 Å². The van der Waals surface area contributed by atoms with E-state index in [1.807, 2.05) is 0 Å². The van der Waals surface area contributed by atoms with Crippen LogP contribution in [-0.4, -0.2) is 8.41 Å². The van der Waals surface area contributed by atoms with Crippen LogP contribution in [0.15, 0.2) is 18.2 Å². The van der Waals surface area contributed by atoms with Crippen LogP contribution in [0.1, 0.15) is 86.5 Å². The molecule has 0 aromatic carbocycles. The van der Waals surface area contributed by atoms with Crippen molar-refractivity contribution < 1.29 is 0 Å². The van der Waals surface area contributed by atoms with Crippen molar-refractivity contribution in [3.63, 3.8) is 0 Å². The van der Waals surface area contributed by atoms with Gasteiger partial charge in [-0.3, -0.25) is 4.98 Å². The normalized spacial score (nSPS) is 14.3. The van der Waals surface area contributed by atoms with Crippen LogP contribution in [0.4, 0.5) is 0 Å². The van der Waals surface area contributed by atoms with Crippen LogP contribution in [0, 0.1) is 5.41 Å². The number of aromatic nitrogens is 1. The molecule has 0 N–H and O–H groups in total. The second-order valence-electron chi connectivity index (χ2n) is 9.81.